The number of aromatic nitrogens is 2. The van der Waals surface area contributed by atoms with E-state index in [1.54, 1.807) is 0 Å². The zero-order valence-corrected chi connectivity index (χ0v) is 17.9. The molecule has 2 aromatic heterocycles. The number of halogens is 2. The molecule has 0 fully saturated rings. The Bertz CT molecular complexity index is 1050. The monoisotopic (exact) mass is 412 g/mol. The van der Waals surface area contributed by atoms with Gasteiger partial charge in [-0.2, -0.15) is 0 Å². The maximum atomic E-state index is 14.3. The van der Waals surface area contributed by atoms with Gasteiger partial charge in [-0.1, -0.05) is 11.6 Å². The Morgan fingerprint density at radius 2 is 1.67 bits per heavy atom. The number of carbonyl (C=O) groups is 2. The van der Waals surface area contributed by atoms with Gasteiger partial charge < -0.3 is 11.6 Å². The Morgan fingerprint density at radius 1 is 0.963 bits per heavy atom. The van der Waals surface area contributed by atoms with Gasteiger partial charge >= 0.3 is 63.3 Å². The van der Waals surface area contributed by atoms with Crippen LogP contribution in [-0.4, -0.2) is 32.1 Å². The third-order valence-corrected chi connectivity index (χ3v) is 3.88. The molecule has 0 atom stereocenters. The molecular weight excluding hydrogens is 402 g/mol. The van der Waals surface area contributed by atoms with Crippen LogP contribution in [0.15, 0.2) is 48.8 Å². The maximum absolute atomic E-state index is 14.3. The summed E-state index contributed by atoms with van der Waals surface area (Å²) in [7, 11) is 0. The normalized spacial score (nSPS) is 10.1. The summed E-state index contributed by atoms with van der Waals surface area (Å²) in [5.74, 6) is -3.40. The molecule has 3 aromatic rings. The summed E-state index contributed by atoms with van der Waals surface area (Å²) in [5.41, 5.74) is -0.767. The van der Waals surface area contributed by atoms with E-state index in [1.165, 1.54) is 42.7 Å². The Balaban J connectivity index is 0.00000196. The van der Waals surface area contributed by atoms with Crippen LogP contribution in [0, 0.1) is 5.82 Å². The van der Waals surface area contributed by atoms with E-state index in [2.05, 4.69) is 9.97 Å². The predicted octanol–water partition coefficient (Wildman–Crippen LogP) is 1.12. The Morgan fingerprint density at radius 3 is 2.30 bits per heavy atom. The van der Waals surface area contributed by atoms with Crippen molar-refractivity contribution in [2.75, 3.05) is 0 Å². The van der Waals surface area contributed by atoms with Crippen molar-refractivity contribution in [2.45, 2.75) is 0 Å². The minimum Gasteiger partial charge on any atom is -1.00 e. The number of aromatic carboxylic acids is 2. The van der Waals surface area contributed by atoms with E-state index in [-0.39, 0.29) is 91.5 Å². The van der Waals surface area contributed by atoms with Gasteiger partial charge in [0.05, 0.1) is 22.5 Å². The molecule has 0 aliphatic rings. The molecule has 3 rings (SSSR count). The van der Waals surface area contributed by atoms with E-state index in [1.807, 2.05) is 0 Å². The van der Waals surface area contributed by atoms with Crippen LogP contribution in [0.25, 0.3) is 22.5 Å². The van der Waals surface area contributed by atoms with Crippen LogP contribution in [0.1, 0.15) is 22.1 Å². The number of pyridine rings is 2. The number of hydrogen-bond acceptors (Lipinski definition) is 4. The molecule has 0 aliphatic heterocycles. The number of hydrogen-bond donors (Lipinski definition) is 2. The summed E-state index contributed by atoms with van der Waals surface area (Å²) >= 11 is 5.74. The first-order valence-electron chi connectivity index (χ1n) is 7.26. The van der Waals surface area contributed by atoms with Gasteiger partial charge in [-0.05, 0) is 36.4 Å². The summed E-state index contributed by atoms with van der Waals surface area (Å²) in [6.45, 7) is 0. The zero-order valence-electron chi connectivity index (χ0n) is 15.0. The van der Waals surface area contributed by atoms with Crippen LogP contribution in [0.3, 0.4) is 0 Å². The van der Waals surface area contributed by atoms with Crippen molar-refractivity contribution in [3.05, 3.63) is 70.8 Å². The predicted molar refractivity (Wildman–Crippen MR) is 92.9 cm³/mol. The van der Waals surface area contributed by atoms with Crippen molar-refractivity contribution in [3.8, 4) is 22.5 Å². The fourth-order valence-electron chi connectivity index (χ4n) is 2.55. The summed E-state index contributed by atoms with van der Waals surface area (Å²) in [4.78, 5) is 31.3. The molecule has 0 saturated heterocycles. The van der Waals surface area contributed by atoms with Crippen molar-refractivity contribution in [2.24, 2.45) is 0 Å². The fourth-order valence-corrected chi connectivity index (χ4v) is 2.71. The first kappa shape index (κ1) is 21.6. The molecule has 0 bridgehead atoms. The fraction of sp³-hybridized carbons (Fsp3) is 0. The quantitative estimate of drug-likeness (QED) is 0.623. The topological polar surface area (TPSA) is 100 Å². The zero-order chi connectivity index (χ0) is 18.8. The standard InChI is InChI=1S/C18H10ClFN2O4.K.H/c19-9-3-4-10(13(20)8-9)16-14(18(25)26)11(5-7-22-16)15-12(17(23)24)2-1-6-21-15;;/h1-8H,(H,23,24)(H,25,26);;/q;+1;-1. The molecule has 0 aliphatic carbocycles. The third kappa shape index (κ3) is 4.42. The van der Waals surface area contributed by atoms with E-state index in [0.29, 0.717) is 0 Å². The second-order valence-corrected chi connectivity index (χ2v) is 5.65. The van der Waals surface area contributed by atoms with Crippen LogP contribution in [0.4, 0.5) is 4.39 Å². The van der Waals surface area contributed by atoms with E-state index in [9.17, 15) is 24.2 Å². The number of nitrogens with zero attached hydrogens (tertiary/aromatic N) is 2. The molecule has 27 heavy (non-hydrogen) atoms. The molecular formula is C18H11ClFKN2O4. The summed E-state index contributed by atoms with van der Waals surface area (Å²) in [6.07, 6.45) is 2.61. The Hall–Kier alpha value is -1.68. The first-order valence-corrected chi connectivity index (χ1v) is 7.64. The average Bonchev–Trinajstić information content (AvgIpc) is 2.61. The van der Waals surface area contributed by atoms with E-state index in [4.69, 9.17) is 11.6 Å². The maximum Gasteiger partial charge on any atom is 1.00 e. The van der Waals surface area contributed by atoms with Crippen LogP contribution in [0.2, 0.25) is 5.02 Å². The number of benzene rings is 1. The Kier molecular flexibility index (Phi) is 7.21. The second kappa shape index (κ2) is 9.00. The van der Waals surface area contributed by atoms with Crippen LogP contribution < -0.4 is 51.4 Å². The molecule has 0 saturated carbocycles. The van der Waals surface area contributed by atoms with Crippen LogP contribution in [0.5, 0.6) is 0 Å². The van der Waals surface area contributed by atoms with E-state index in [0.717, 1.165) is 6.07 Å². The summed E-state index contributed by atoms with van der Waals surface area (Å²) in [5, 5.41) is 19.2. The average molecular weight is 413 g/mol. The van der Waals surface area contributed by atoms with Gasteiger partial charge in [0.2, 0.25) is 0 Å². The van der Waals surface area contributed by atoms with Crippen molar-refractivity contribution in [3.63, 3.8) is 0 Å². The van der Waals surface area contributed by atoms with Gasteiger partial charge in [-0.25, -0.2) is 14.0 Å². The summed E-state index contributed by atoms with van der Waals surface area (Å²) in [6, 6.07) is 7.82. The van der Waals surface area contributed by atoms with Crippen molar-refractivity contribution in [1.82, 2.24) is 9.97 Å². The SMILES string of the molecule is O=C(O)c1cccnc1-c1ccnc(-c2ccc(Cl)cc2F)c1C(=O)O.[H-].[K+]. The van der Waals surface area contributed by atoms with Gasteiger partial charge in [0.25, 0.3) is 0 Å². The molecule has 0 spiro atoms. The van der Waals surface area contributed by atoms with Gasteiger partial charge in [0.15, 0.2) is 0 Å². The third-order valence-electron chi connectivity index (χ3n) is 3.64. The molecule has 132 valence electrons. The van der Waals surface area contributed by atoms with E-state index >= 15 is 0 Å². The smallest absolute Gasteiger partial charge is 1.00 e. The molecule has 2 N–H and O–H groups in total. The molecule has 2 heterocycles. The van der Waals surface area contributed by atoms with Crippen LogP contribution >= 0.6 is 11.6 Å². The minimum absolute atomic E-state index is 0. The van der Waals surface area contributed by atoms with Crippen molar-refractivity contribution >= 4 is 23.5 Å². The van der Waals surface area contributed by atoms with Gasteiger partial charge in [-0.15, -0.1) is 0 Å². The van der Waals surface area contributed by atoms with Gasteiger partial charge in [0.1, 0.15) is 5.82 Å². The molecule has 1 aromatic carbocycles. The number of carboxylic acid groups (broad SMARTS) is 2. The van der Waals surface area contributed by atoms with Crippen molar-refractivity contribution in [1.29, 1.82) is 0 Å². The molecule has 6 nitrogen and oxygen atoms in total. The van der Waals surface area contributed by atoms with Gasteiger partial charge in [-0.3, -0.25) is 9.97 Å². The molecule has 0 unspecified atom stereocenters. The summed E-state index contributed by atoms with van der Waals surface area (Å²) < 4.78 is 14.3. The molecule has 0 amide bonds. The number of rotatable bonds is 4. The second-order valence-electron chi connectivity index (χ2n) is 5.22. The largest absolute Gasteiger partial charge is 1.00 e. The van der Waals surface area contributed by atoms with Crippen molar-refractivity contribution < 1.29 is 77.0 Å². The van der Waals surface area contributed by atoms with Crippen LogP contribution in [-0.2, 0) is 0 Å². The number of carboxylic acids is 2. The Labute approximate surface area is 202 Å². The minimum atomic E-state index is -1.39. The molecule has 0 radical (unpaired) electrons. The molecule has 9 heteroatoms. The van der Waals surface area contributed by atoms with E-state index < -0.39 is 17.8 Å². The van der Waals surface area contributed by atoms with Gasteiger partial charge in [0, 0.05) is 28.5 Å². The first-order chi connectivity index (χ1) is 12.4.